The van der Waals surface area contributed by atoms with Gasteiger partial charge in [0.2, 0.25) is 0 Å². The molecule has 0 radical (unpaired) electrons. The molecule has 0 saturated carbocycles. The Hall–Kier alpha value is -2.17. The Labute approximate surface area is 123 Å². The van der Waals surface area contributed by atoms with E-state index in [2.05, 4.69) is 14.9 Å². The zero-order valence-electron chi connectivity index (χ0n) is 12.3. The second kappa shape index (κ2) is 5.31. The monoisotopic (exact) mass is 285 g/mol. The molecular weight excluding hydrogens is 266 g/mol. The van der Waals surface area contributed by atoms with Crippen LogP contribution in [0.25, 0.3) is 10.9 Å². The molecule has 2 heterocycles. The number of carbonyl (C=O) groups is 1. The smallest absolute Gasteiger partial charge is 0.306 e. The molecule has 5 nitrogen and oxygen atoms in total. The summed E-state index contributed by atoms with van der Waals surface area (Å²) in [6.07, 6.45) is 2.26. The summed E-state index contributed by atoms with van der Waals surface area (Å²) in [5, 5.41) is 10.3. The standard InChI is InChI=1S/C16H19N3O2/c1-10-4-3-5-13-14(10)17-9-18-15(13)19-7-6-12(16(20)21)11(2)8-19/h3-5,9,11-12H,6-8H2,1-2H3,(H,20,21). The highest BCUT2D eigenvalue weighted by molar-refractivity contribution is 5.91. The summed E-state index contributed by atoms with van der Waals surface area (Å²) in [5.41, 5.74) is 2.10. The lowest BCUT2D eigenvalue weighted by Gasteiger charge is -2.36. The van der Waals surface area contributed by atoms with Crippen molar-refractivity contribution in [2.45, 2.75) is 20.3 Å². The van der Waals surface area contributed by atoms with Gasteiger partial charge in [-0.3, -0.25) is 4.79 Å². The number of rotatable bonds is 2. The van der Waals surface area contributed by atoms with E-state index < -0.39 is 5.97 Å². The number of carboxylic acid groups (broad SMARTS) is 1. The van der Waals surface area contributed by atoms with Gasteiger partial charge >= 0.3 is 5.97 Å². The van der Waals surface area contributed by atoms with Crippen LogP contribution in [0.1, 0.15) is 18.9 Å². The lowest BCUT2D eigenvalue weighted by atomic mass is 9.87. The van der Waals surface area contributed by atoms with Crippen LogP contribution in [0.5, 0.6) is 0 Å². The topological polar surface area (TPSA) is 66.3 Å². The van der Waals surface area contributed by atoms with E-state index in [9.17, 15) is 9.90 Å². The normalized spacial score (nSPS) is 22.5. The number of piperidine rings is 1. The van der Waals surface area contributed by atoms with Crippen LogP contribution >= 0.6 is 0 Å². The van der Waals surface area contributed by atoms with E-state index in [0.717, 1.165) is 35.4 Å². The van der Waals surface area contributed by atoms with Gasteiger partial charge in [-0.1, -0.05) is 19.1 Å². The molecule has 1 aliphatic heterocycles. The third-order valence-corrected chi connectivity index (χ3v) is 4.37. The Morgan fingerprint density at radius 1 is 1.38 bits per heavy atom. The molecule has 1 fully saturated rings. The van der Waals surface area contributed by atoms with Gasteiger partial charge in [0.25, 0.3) is 0 Å². The molecule has 1 aliphatic rings. The first-order valence-electron chi connectivity index (χ1n) is 7.26. The molecule has 3 rings (SSSR count). The molecule has 5 heteroatoms. The summed E-state index contributed by atoms with van der Waals surface area (Å²) in [6.45, 7) is 5.48. The zero-order chi connectivity index (χ0) is 15.0. The Morgan fingerprint density at radius 2 is 2.19 bits per heavy atom. The Bertz CT molecular complexity index is 686. The van der Waals surface area contributed by atoms with Crippen molar-refractivity contribution >= 4 is 22.7 Å². The molecule has 1 N–H and O–H groups in total. The number of fused-ring (bicyclic) bond motifs is 1. The number of aromatic nitrogens is 2. The van der Waals surface area contributed by atoms with E-state index in [4.69, 9.17) is 0 Å². The molecule has 2 atom stereocenters. The molecule has 2 aromatic rings. The maximum atomic E-state index is 11.2. The Morgan fingerprint density at radius 3 is 2.90 bits per heavy atom. The molecule has 2 unspecified atom stereocenters. The van der Waals surface area contributed by atoms with Crippen LogP contribution in [-0.2, 0) is 4.79 Å². The molecule has 0 bridgehead atoms. The summed E-state index contributed by atoms with van der Waals surface area (Å²) in [6, 6.07) is 6.09. The van der Waals surface area contributed by atoms with Crippen molar-refractivity contribution in [3.63, 3.8) is 0 Å². The predicted molar refractivity (Wildman–Crippen MR) is 81.4 cm³/mol. The molecule has 21 heavy (non-hydrogen) atoms. The third-order valence-electron chi connectivity index (χ3n) is 4.37. The highest BCUT2D eigenvalue weighted by Crippen LogP contribution is 2.30. The van der Waals surface area contributed by atoms with Gasteiger partial charge < -0.3 is 10.0 Å². The SMILES string of the molecule is Cc1cccc2c(N3CCC(C(=O)O)C(C)C3)ncnc12. The minimum absolute atomic E-state index is 0.117. The number of aryl methyl sites for hydroxylation is 1. The largest absolute Gasteiger partial charge is 0.481 e. The average molecular weight is 285 g/mol. The van der Waals surface area contributed by atoms with Gasteiger partial charge in [-0.2, -0.15) is 0 Å². The second-order valence-electron chi connectivity index (χ2n) is 5.83. The van der Waals surface area contributed by atoms with Crippen LogP contribution in [-0.4, -0.2) is 34.1 Å². The van der Waals surface area contributed by atoms with Crippen molar-refractivity contribution in [3.05, 3.63) is 30.1 Å². The van der Waals surface area contributed by atoms with E-state index in [1.807, 2.05) is 32.0 Å². The molecular formula is C16H19N3O2. The van der Waals surface area contributed by atoms with Crippen molar-refractivity contribution in [2.24, 2.45) is 11.8 Å². The highest BCUT2D eigenvalue weighted by Gasteiger charge is 2.32. The minimum atomic E-state index is -0.689. The number of carboxylic acids is 1. The summed E-state index contributed by atoms with van der Waals surface area (Å²) in [4.78, 5) is 22.2. The van der Waals surface area contributed by atoms with Gasteiger partial charge in [0.15, 0.2) is 0 Å². The highest BCUT2D eigenvalue weighted by atomic mass is 16.4. The third kappa shape index (κ3) is 2.44. The molecule has 0 spiro atoms. The number of nitrogens with zero attached hydrogens (tertiary/aromatic N) is 3. The van der Waals surface area contributed by atoms with Crippen molar-refractivity contribution in [3.8, 4) is 0 Å². The van der Waals surface area contributed by atoms with E-state index in [1.165, 1.54) is 0 Å². The minimum Gasteiger partial charge on any atom is -0.481 e. The first-order valence-corrected chi connectivity index (χ1v) is 7.26. The molecule has 1 aromatic heterocycles. The molecule has 1 aromatic carbocycles. The van der Waals surface area contributed by atoms with Crippen LogP contribution in [0.2, 0.25) is 0 Å². The fourth-order valence-corrected chi connectivity index (χ4v) is 3.18. The van der Waals surface area contributed by atoms with Gasteiger partial charge in [-0.15, -0.1) is 0 Å². The van der Waals surface area contributed by atoms with Crippen molar-refractivity contribution in [1.29, 1.82) is 0 Å². The van der Waals surface area contributed by atoms with E-state index in [-0.39, 0.29) is 11.8 Å². The van der Waals surface area contributed by atoms with Crippen molar-refractivity contribution in [1.82, 2.24) is 9.97 Å². The van der Waals surface area contributed by atoms with Gasteiger partial charge in [-0.05, 0) is 30.9 Å². The number of para-hydroxylation sites is 1. The number of benzene rings is 1. The maximum absolute atomic E-state index is 11.2. The number of aliphatic carboxylic acids is 1. The van der Waals surface area contributed by atoms with Crippen molar-refractivity contribution < 1.29 is 9.90 Å². The fraction of sp³-hybridized carbons (Fsp3) is 0.438. The molecule has 0 aliphatic carbocycles. The van der Waals surface area contributed by atoms with Crippen LogP contribution in [0, 0.1) is 18.8 Å². The van der Waals surface area contributed by atoms with Crippen LogP contribution < -0.4 is 4.90 Å². The summed E-state index contributed by atoms with van der Waals surface area (Å²) < 4.78 is 0. The molecule has 110 valence electrons. The van der Waals surface area contributed by atoms with Gasteiger partial charge in [0.1, 0.15) is 12.1 Å². The summed E-state index contributed by atoms with van der Waals surface area (Å²) >= 11 is 0. The van der Waals surface area contributed by atoms with E-state index >= 15 is 0 Å². The van der Waals surface area contributed by atoms with Crippen molar-refractivity contribution in [2.75, 3.05) is 18.0 Å². The predicted octanol–water partition coefficient (Wildman–Crippen LogP) is 2.49. The van der Waals surface area contributed by atoms with E-state index in [1.54, 1.807) is 6.33 Å². The van der Waals surface area contributed by atoms with E-state index in [0.29, 0.717) is 6.42 Å². The number of hydrogen-bond donors (Lipinski definition) is 1. The maximum Gasteiger partial charge on any atom is 0.306 e. The zero-order valence-corrected chi connectivity index (χ0v) is 12.3. The Kier molecular flexibility index (Phi) is 3.49. The first-order chi connectivity index (χ1) is 10.1. The number of anilines is 1. The lowest BCUT2D eigenvalue weighted by molar-refractivity contribution is -0.144. The van der Waals surface area contributed by atoms with Crippen LogP contribution in [0.3, 0.4) is 0 Å². The van der Waals surface area contributed by atoms with Crippen LogP contribution in [0.15, 0.2) is 24.5 Å². The first kappa shape index (κ1) is 13.8. The van der Waals surface area contributed by atoms with Gasteiger partial charge in [0, 0.05) is 18.5 Å². The van der Waals surface area contributed by atoms with Crippen LogP contribution in [0.4, 0.5) is 5.82 Å². The summed E-state index contributed by atoms with van der Waals surface area (Å²) in [7, 11) is 0. The quantitative estimate of drug-likeness (QED) is 0.918. The Balaban J connectivity index is 1.95. The second-order valence-corrected chi connectivity index (χ2v) is 5.83. The van der Waals surface area contributed by atoms with Gasteiger partial charge in [-0.25, -0.2) is 9.97 Å². The number of hydrogen-bond acceptors (Lipinski definition) is 4. The average Bonchev–Trinajstić information content (AvgIpc) is 2.46. The summed E-state index contributed by atoms with van der Waals surface area (Å²) in [5.74, 6) is 0.0899. The van der Waals surface area contributed by atoms with Gasteiger partial charge in [0.05, 0.1) is 11.4 Å². The molecule has 0 amide bonds. The molecule has 1 saturated heterocycles. The fourth-order valence-electron chi connectivity index (χ4n) is 3.18. The lowest BCUT2D eigenvalue weighted by Crippen LogP contribution is -2.42.